The number of carbonyl (C=O) groups is 1. The summed E-state index contributed by atoms with van der Waals surface area (Å²) in [5.74, 6) is -2.62. The molecule has 2 heterocycles. The lowest BCUT2D eigenvalue weighted by Crippen LogP contribution is -2.58. The van der Waals surface area contributed by atoms with E-state index in [4.69, 9.17) is 14.0 Å². The predicted octanol–water partition coefficient (Wildman–Crippen LogP) is 3.58. The molecule has 5 nitrogen and oxygen atoms in total. The van der Waals surface area contributed by atoms with E-state index in [0.717, 1.165) is 11.0 Å². The van der Waals surface area contributed by atoms with Crippen LogP contribution in [0.1, 0.15) is 38.8 Å². The molecule has 2 fully saturated rings. The minimum Gasteiger partial charge on any atom is -0.489 e. The van der Waals surface area contributed by atoms with Crippen molar-refractivity contribution in [3.8, 4) is 5.75 Å². The van der Waals surface area contributed by atoms with Gasteiger partial charge >= 0.3 is 7.12 Å². The van der Waals surface area contributed by atoms with Crippen molar-refractivity contribution in [3.05, 3.63) is 59.7 Å². The minimum absolute atomic E-state index is 0.0342. The maximum Gasteiger partial charge on any atom is 0.494 e. The molecule has 2 aliphatic heterocycles. The summed E-state index contributed by atoms with van der Waals surface area (Å²) in [6.45, 7) is 7.14. The van der Waals surface area contributed by atoms with Crippen LogP contribution in [-0.4, -0.2) is 48.1 Å². The average molecular weight is 443 g/mol. The molecule has 8 heteroatoms. The second kappa shape index (κ2) is 8.16. The van der Waals surface area contributed by atoms with Crippen molar-refractivity contribution in [2.24, 2.45) is 0 Å². The van der Waals surface area contributed by atoms with E-state index in [1.807, 2.05) is 70.2 Å². The Hall–Kier alpha value is -2.45. The molecule has 2 saturated heterocycles. The number of hydrogen-bond acceptors (Lipinski definition) is 4. The zero-order valence-electron chi connectivity index (χ0n) is 18.9. The number of nitrogens with zero attached hydrogens (tertiary/aromatic N) is 1. The summed E-state index contributed by atoms with van der Waals surface area (Å²) in [6.07, 6.45) is -0.0342. The number of hydrogen-bond donors (Lipinski definition) is 0. The Bertz CT molecular complexity index is 973. The van der Waals surface area contributed by atoms with Gasteiger partial charge in [0.15, 0.2) is 0 Å². The minimum atomic E-state index is -2.80. The van der Waals surface area contributed by atoms with Gasteiger partial charge in [-0.2, -0.15) is 0 Å². The van der Waals surface area contributed by atoms with Gasteiger partial charge in [-0.15, -0.1) is 0 Å². The van der Waals surface area contributed by atoms with Crippen molar-refractivity contribution in [3.63, 3.8) is 0 Å². The van der Waals surface area contributed by atoms with Gasteiger partial charge in [-0.1, -0.05) is 42.5 Å². The predicted molar refractivity (Wildman–Crippen MR) is 118 cm³/mol. The lowest BCUT2D eigenvalue weighted by atomic mass is 9.78. The van der Waals surface area contributed by atoms with E-state index < -0.39 is 37.3 Å². The molecular formula is C24H28BF2NO4. The van der Waals surface area contributed by atoms with Crippen LogP contribution in [0.25, 0.3) is 0 Å². The first-order valence-electron chi connectivity index (χ1n) is 10.8. The fourth-order valence-corrected chi connectivity index (χ4v) is 3.70. The van der Waals surface area contributed by atoms with Crippen LogP contribution in [0.4, 0.5) is 8.78 Å². The van der Waals surface area contributed by atoms with Gasteiger partial charge in [0, 0.05) is 5.56 Å². The first-order valence-corrected chi connectivity index (χ1v) is 10.8. The maximum absolute atomic E-state index is 13.2. The third kappa shape index (κ3) is 4.66. The number of rotatable bonds is 6. The smallest absolute Gasteiger partial charge is 0.489 e. The summed E-state index contributed by atoms with van der Waals surface area (Å²) in [4.78, 5) is 13.8. The fourth-order valence-electron chi connectivity index (χ4n) is 3.70. The Balaban J connectivity index is 1.56. The summed E-state index contributed by atoms with van der Waals surface area (Å²) in [7, 11) is -0.592. The van der Waals surface area contributed by atoms with Crippen molar-refractivity contribution in [1.29, 1.82) is 0 Å². The molecule has 0 atom stereocenters. The van der Waals surface area contributed by atoms with Crippen LogP contribution in [-0.2, 0) is 27.1 Å². The van der Waals surface area contributed by atoms with Crippen molar-refractivity contribution in [1.82, 2.24) is 4.90 Å². The van der Waals surface area contributed by atoms with E-state index in [-0.39, 0.29) is 12.3 Å². The lowest BCUT2D eigenvalue weighted by molar-refractivity contribution is -0.165. The molecule has 0 saturated carbocycles. The number of carbonyl (C=O) groups excluding carboxylic acids is 1. The highest BCUT2D eigenvalue weighted by molar-refractivity contribution is 6.62. The van der Waals surface area contributed by atoms with E-state index in [1.54, 1.807) is 6.07 Å². The second-order valence-corrected chi connectivity index (χ2v) is 9.51. The molecule has 4 rings (SSSR count). The lowest BCUT2D eigenvalue weighted by Gasteiger charge is -2.38. The van der Waals surface area contributed by atoms with Gasteiger partial charge < -0.3 is 18.9 Å². The molecule has 2 aromatic rings. The highest BCUT2D eigenvalue weighted by atomic mass is 19.3. The van der Waals surface area contributed by atoms with Crippen molar-refractivity contribution >= 4 is 18.5 Å². The zero-order chi connectivity index (χ0) is 23.1. The van der Waals surface area contributed by atoms with E-state index in [1.165, 1.54) is 4.90 Å². The van der Waals surface area contributed by atoms with E-state index in [2.05, 4.69) is 0 Å². The van der Waals surface area contributed by atoms with Gasteiger partial charge in [-0.05, 0) is 44.8 Å². The number of ether oxygens (including phenoxy) is 1. The fraction of sp³-hybridized carbons (Fsp3) is 0.458. The van der Waals surface area contributed by atoms with E-state index in [0.29, 0.717) is 17.9 Å². The standard InChI is InChI=1S/C24H28BF2NO4/c1-22(2)23(3,4)32-25(31-22)19-10-11-20(30-14-17-8-6-5-7-9-17)18(12-19)13-21(29)28-15-24(26,27)16-28/h5-12H,13-16H2,1-4H3. The van der Waals surface area contributed by atoms with Crippen LogP contribution < -0.4 is 10.2 Å². The molecule has 0 spiro atoms. The molecule has 0 N–H and O–H groups in total. The molecule has 0 unspecified atom stereocenters. The van der Waals surface area contributed by atoms with Crippen molar-refractivity contribution in [2.45, 2.75) is 57.8 Å². The molecule has 0 aliphatic carbocycles. The van der Waals surface area contributed by atoms with Crippen LogP contribution in [0.5, 0.6) is 5.75 Å². The Morgan fingerprint density at radius 1 is 1.03 bits per heavy atom. The van der Waals surface area contributed by atoms with Gasteiger partial charge in [0.2, 0.25) is 5.91 Å². The molecule has 2 aromatic carbocycles. The third-order valence-electron chi connectivity index (χ3n) is 6.39. The van der Waals surface area contributed by atoms with Gasteiger partial charge in [-0.3, -0.25) is 4.79 Å². The molecule has 0 aromatic heterocycles. The summed E-state index contributed by atoms with van der Waals surface area (Å²) in [5.41, 5.74) is 1.36. The van der Waals surface area contributed by atoms with Gasteiger partial charge in [0.1, 0.15) is 12.4 Å². The maximum atomic E-state index is 13.2. The monoisotopic (exact) mass is 443 g/mol. The van der Waals surface area contributed by atoms with Gasteiger partial charge in [0.05, 0.1) is 30.7 Å². The number of alkyl halides is 2. The molecule has 1 amide bonds. The molecule has 170 valence electrons. The molecular weight excluding hydrogens is 415 g/mol. The average Bonchev–Trinajstić information content (AvgIpc) is 2.93. The summed E-state index contributed by atoms with van der Waals surface area (Å²) < 4.78 is 44.7. The Morgan fingerprint density at radius 2 is 1.66 bits per heavy atom. The van der Waals surface area contributed by atoms with Crippen LogP contribution in [0.2, 0.25) is 0 Å². The van der Waals surface area contributed by atoms with Crippen LogP contribution in [0, 0.1) is 0 Å². The first-order chi connectivity index (χ1) is 15.0. The highest BCUT2D eigenvalue weighted by Crippen LogP contribution is 2.37. The van der Waals surface area contributed by atoms with E-state index in [9.17, 15) is 13.6 Å². The first kappa shape index (κ1) is 22.7. The Labute approximate surface area is 187 Å². The summed E-state index contributed by atoms with van der Waals surface area (Å²) >= 11 is 0. The largest absolute Gasteiger partial charge is 0.494 e. The molecule has 2 aliphatic rings. The number of amides is 1. The van der Waals surface area contributed by atoms with Crippen LogP contribution in [0.3, 0.4) is 0 Å². The van der Waals surface area contributed by atoms with Crippen LogP contribution in [0.15, 0.2) is 48.5 Å². The Kier molecular flexibility index (Phi) is 5.80. The SMILES string of the molecule is CC1(C)OB(c2ccc(OCc3ccccc3)c(CC(=O)N3CC(F)(F)C3)c2)OC1(C)C. The highest BCUT2D eigenvalue weighted by Gasteiger charge is 2.52. The third-order valence-corrected chi connectivity index (χ3v) is 6.39. The van der Waals surface area contributed by atoms with E-state index >= 15 is 0 Å². The molecule has 0 bridgehead atoms. The van der Waals surface area contributed by atoms with Crippen LogP contribution >= 0.6 is 0 Å². The summed E-state index contributed by atoms with van der Waals surface area (Å²) in [5, 5.41) is 0. The number of likely N-dealkylation sites (tertiary alicyclic amines) is 1. The van der Waals surface area contributed by atoms with Crippen molar-refractivity contribution < 1.29 is 27.6 Å². The summed E-state index contributed by atoms with van der Waals surface area (Å²) in [6, 6.07) is 15.1. The van der Waals surface area contributed by atoms with Crippen molar-refractivity contribution in [2.75, 3.05) is 13.1 Å². The van der Waals surface area contributed by atoms with Gasteiger partial charge in [0.25, 0.3) is 5.92 Å². The molecule has 32 heavy (non-hydrogen) atoms. The zero-order valence-corrected chi connectivity index (χ0v) is 18.9. The molecule has 0 radical (unpaired) electrons. The van der Waals surface area contributed by atoms with Gasteiger partial charge in [-0.25, -0.2) is 8.78 Å². The topological polar surface area (TPSA) is 48.0 Å². The Morgan fingerprint density at radius 3 is 2.25 bits per heavy atom. The number of halogens is 2. The second-order valence-electron chi connectivity index (χ2n) is 9.51. The normalized spacial score (nSPS) is 20.7. The number of benzene rings is 2. The quantitative estimate of drug-likeness (QED) is 0.641.